The fraction of sp³-hybridized carbons (Fsp3) is 0.778. The van der Waals surface area contributed by atoms with Crippen molar-refractivity contribution in [2.45, 2.75) is 26.3 Å². The topological polar surface area (TPSA) is 21.3 Å². The Kier molecular flexibility index (Phi) is 7.23. The first-order valence-corrected chi connectivity index (χ1v) is 4.12. The molecule has 0 rings (SSSR count). The van der Waals surface area contributed by atoms with Crippen LogP contribution in [0.4, 0.5) is 0 Å². The molecule has 2 nitrogen and oxygen atoms in total. The molecular weight excluding hydrogens is 138 g/mol. The predicted octanol–water partition coefficient (Wildman–Crippen LogP) is 1.02. The van der Waals surface area contributed by atoms with Crippen molar-refractivity contribution in [1.29, 1.82) is 0 Å². The minimum Gasteiger partial charge on any atom is -0.380 e. The van der Waals surface area contributed by atoms with Crippen LogP contribution in [-0.2, 0) is 4.74 Å². The summed E-state index contributed by atoms with van der Waals surface area (Å²) in [5, 5.41) is 3.19. The molecular formula is C9H17NO. The first kappa shape index (κ1) is 10.5. The van der Waals surface area contributed by atoms with Crippen LogP contribution in [0.3, 0.4) is 0 Å². The molecule has 1 N–H and O–H groups in total. The Hall–Kier alpha value is -0.520. The van der Waals surface area contributed by atoms with Gasteiger partial charge in [0.25, 0.3) is 0 Å². The van der Waals surface area contributed by atoms with Gasteiger partial charge in [-0.3, -0.25) is 0 Å². The van der Waals surface area contributed by atoms with Crippen LogP contribution < -0.4 is 5.32 Å². The zero-order chi connectivity index (χ0) is 8.53. The second-order valence-electron chi connectivity index (χ2n) is 2.28. The average Bonchev–Trinajstić information content (AvgIpc) is 2.05. The molecule has 0 aromatic rings. The highest BCUT2D eigenvalue weighted by Crippen LogP contribution is 1.86. The number of rotatable bonds is 6. The van der Waals surface area contributed by atoms with Crippen molar-refractivity contribution in [1.82, 2.24) is 5.32 Å². The molecule has 1 atom stereocenters. The summed E-state index contributed by atoms with van der Waals surface area (Å²) in [6.07, 6.45) is 6.22. The summed E-state index contributed by atoms with van der Waals surface area (Å²) in [5.41, 5.74) is 0. The summed E-state index contributed by atoms with van der Waals surface area (Å²) in [5.74, 6) is 2.66. The van der Waals surface area contributed by atoms with Crippen molar-refractivity contribution in [3.05, 3.63) is 0 Å². The number of nitrogens with one attached hydrogen (secondary N) is 1. The van der Waals surface area contributed by atoms with Crippen LogP contribution in [0.15, 0.2) is 0 Å². The fourth-order valence-corrected chi connectivity index (χ4v) is 0.771. The average molecular weight is 155 g/mol. The highest BCUT2D eigenvalue weighted by atomic mass is 16.5. The molecule has 0 aliphatic rings. The number of ether oxygens (including phenoxy) is 1. The Morgan fingerprint density at radius 2 is 2.27 bits per heavy atom. The predicted molar refractivity (Wildman–Crippen MR) is 47.4 cm³/mol. The van der Waals surface area contributed by atoms with Crippen molar-refractivity contribution in [3.63, 3.8) is 0 Å². The van der Waals surface area contributed by atoms with Crippen molar-refractivity contribution < 1.29 is 4.74 Å². The SMILES string of the molecule is C#CC(CC)NCCOCC. The Bertz CT molecular complexity index is 117. The third kappa shape index (κ3) is 5.90. The largest absolute Gasteiger partial charge is 0.380 e. The van der Waals surface area contributed by atoms with E-state index in [0.29, 0.717) is 0 Å². The van der Waals surface area contributed by atoms with Gasteiger partial charge in [0.15, 0.2) is 0 Å². The molecule has 0 radical (unpaired) electrons. The summed E-state index contributed by atoms with van der Waals surface area (Å²) in [6, 6.07) is 0.204. The number of hydrogen-bond acceptors (Lipinski definition) is 2. The van der Waals surface area contributed by atoms with E-state index in [9.17, 15) is 0 Å². The summed E-state index contributed by atoms with van der Waals surface area (Å²) in [7, 11) is 0. The first-order valence-electron chi connectivity index (χ1n) is 4.12. The zero-order valence-electron chi connectivity index (χ0n) is 7.39. The van der Waals surface area contributed by atoms with E-state index < -0.39 is 0 Å². The molecule has 1 unspecified atom stereocenters. The van der Waals surface area contributed by atoms with E-state index in [4.69, 9.17) is 11.2 Å². The molecule has 0 bridgehead atoms. The van der Waals surface area contributed by atoms with Crippen molar-refractivity contribution >= 4 is 0 Å². The second-order valence-corrected chi connectivity index (χ2v) is 2.28. The molecule has 0 saturated heterocycles. The van der Waals surface area contributed by atoms with E-state index in [1.54, 1.807) is 0 Å². The van der Waals surface area contributed by atoms with Crippen LogP contribution in [0, 0.1) is 12.3 Å². The molecule has 2 heteroatoms. The van der Waals surface area contributed by atoms with Crippen LogP contribution in [-0.4, -0.2) is 25.8 Å². The molecule has 0 aliphatic carbocycles. The highest BCUT2D eigenvalue weighted by Gasteiger charge is 1.97. The van der Waals surface area contributed by atoms with Crippen LogP contribution in [0.25, 0.3) is 0 Å². The Morgan fingerprint density at radius 3 is 2.73 bits per heavy atom. The molecule has 0 aromatic heterocycles. The maximum absolute atomic E-state index is 5.24. The van der Waals surface area contributed by atoms with Gasteiger partial charge in [0.2, 0.25) is 0 Å². The molecule has 0 fully saturated rings. The molecule has 0 aliphatic heterocycles. The van der Waals surface area contributed by atoms with Crippen LogP contribution >= 0.6 is 0 Å². The van der Waals surface area contributed by atoms with E-state index in [1.165, 1.54) is 0 Å². The van der Waals surface area contributed by atoms with E-state index in [2.05, 4.69) is 18.2 Å². The Morgan fingerprint density at radius 1 is 1.55 bits per heavy atom. The first-order chi connectivity index (χ1) is 5.35. The lowest BCUT2D eigenvalue weighted by molar-refractivity contribution is 0.148. The maximum atomic E-state index is 5.24. The highest BCUT2D eigenvalue weighted by molar-refractivity contribution is 4.97. The molecule has 11 heavy (non-hydrogen) atoms. The second kappa shape index (κ2) is 7.59. The van der Waals surface area contributed by atoms with Crippen LogP contribution in [0.1, 0.15) is 20.3 Å². The van der Waals surface area contributed by atoms with Gasteiger partial charge in [0, 0.05) is 13.2 Å². The molecule has 0 saturated carbocycles. The third-order valence-electron chi connectivity index (χ3n) is 1.45. The van der Waals surface area contributed by atoms with Gasteiger partial charge < -0.3 is 10.1 Å². The Labute approximate surface area is 69.3 Å². The van der Waals surface area contributed by atoms with Crippen LogP contribution in [0.2, 0.25) is 0 Å². The van der Waals surface area contributed by atoms with Gasteiger partial charge in [-0.1, -0.05) is 12.8 Å². The van der Waals surface area contributed by atoms with Crippen molar-refractivity contribution in [2.24, 2.45) is 0 Å². The van der Waals surface area contributed by atoms with Crippen LogP contribution in [0.5, 0.6) is 0 Å². The monoisotopic (exact) mass is 155 g/mol. The minimum absolute atomic E-state index is 0.204. The van der Waals surface area contributed by atoms with Gasteiger partial charge in [-0.25, -0.2) is 0 Å². The smallest absolute Gasteiger partial charge is 0.0685 e. The molecule has 0 amide bonds. The summed E-state index contributed by atoms with van der Waals surface area (Å²) < 4.78 is 5.14. The lowest BCUT2D eigenvalue weighted by Crippen LogP contribution is -2.30. The summed E-state index contributed by atoms with van der Waals surface area (Å²) in [6.45, 7) is 6.41. The molecule has 0 spiro atoms. The fourth-order valence-electron chi connectivity index (χ4n) is 0.771. The molecule has 64 valence electrons. The zero-order valence-corrected chi connectivity index (χ0v) is 7.39. The van der Waals surface area contributed by atoms with Gasteiger partial charge in [-0.05, 0) is 13.3 Å². The van der Waals surface area contributed by atoms with Crippen molar-refractivity contribution in [3.8, 4) is 12.3 Å². The summed E-state index contributed by atoms with van der Waals surface area (Å²) >= 11 is 0. The minimum atomic E-state index is 0.204. The molecule has 0 heterocycles. The van der Waals surface area contributed by atoms with E-state index in [0.717, 1.165) is 26.2 Å². The number of terminal acetylenes is 1. The van der Waals surface area contributed by atoms with Gasteiger partial charge >= 0.3 is 0 Å². The lowest BCUT2D eigenvalue weighted by atomic mass is 10.2. The summed E-state index contributed by atoms with van der Waals surface area (Å²) in [4.78, 5) is 0. The lowest BCUT2D eigenvalue weighted by Gasteiger charge is -2.09. The van der Waals surface area contributed by atoms with E-state index in [1.807, 2.05) is 6.92 Å². The third-order valence-corrected chi connectivity index (χ3v) is 1.45. The van der Waals surface area contributed by atoms with Gasteiger partial charge in [-0.15, -0.1) is 6.42 Å². The van der Waals surface area contributed by atoms with Gasteiger partial charge in [0.1, 0.15) is 0 Å². The maximum Gasteiger partial charge on any atom is 0.0685 e. The molecule has 0 aromatic carbocycles. The van der Waals surface area contributed by atoms with Gasteiger partial charge in [0.05, 0.1) is 12.6 Å². The van der Waals surface area contributed by atoms with E-state index >= 15 is 0 Å². The quantitative estimate of drug-likeness (QED) is 0.457. The Balaban J connectivity index is 3.16. The normalized spacial score (nSPS) is 12.5. The van der Waals surface area contributed by atoms with Gasteiger partial charge in [-0.2, -0.15) is 0 Å². The van der Waals surface area contributed by atoms with E-state index in [-0.39, 0.29) is 6.04 Å². The van der Waals surface area contributed by atoms with Crippen molar-refractivity contribution in [2.75, 3.05) is 19.8 Å². The standard InChI is InChI=1S/C9H17NO/c1-4-9(5-2)10-7-8-11-6-3/h1,9-10H,5-8H2,2-3H3. The number of hydrogen-bond donors (Lipinski definition) is 1.